The van der Waals surface area contributed by atoms with E-state index in [0.717, 1.165) is 16.7 Å². The molecule has 0 aliphatic carbocycles. The lowest BCUT2D eigenvalue weighted by Crippen LogP contribution is -2.23. The Morgan fingerprint density at radius 3 is 2.21 bits per heavy atom. The van der Waals surface area contributed by atoms with Crippen LogP contribution in [-0.4, -0.2) is 20.1 Å². The molecular weight excluding hydrogens is 366 g/mol. The van der Waals surface area contributed by atoms with Crippen LogP contribution in [0, 0.1) is 0 Å². The Morgan fingerprint density at radius 2 is 1.48 bits per heavy atom. The van der Waals surface area contributed by atoms with Crippen molar-refractivity contribution >= 4 is 5.91 Å². The molecule has 0 atom stereocenters. The first-order valence-electron chi connectivity index (χ1n) is 9.40. The van der Waals surface area contributed by atoms with Gasteiger partial charge in [-0.15, -0.1) is 0 Å². The van der Waals surface area contributed by atoms with Gasteiger partial charge in [-0.25, -0.2) is 0 Å². The second-order valence-corrected chi connectivity index (χ2v) is 6.50. The normalized spacial score (nSPS) is 10.4. The molecule has 0 spiro atoms. The maximum atomic E-state index is 12.6. The summed E-state index contributed by atoms with van der Waals surface area (Å²) >= 11 is 0. The van der Waals surface area contributed by atoms with Gasteiger partial charge in [-0.05, 0) is 34.9 Å². The molecule has 0 saturated heterocycles. The molecule has 0 bridgehead atoms. The number of hydrogen-bond donors (Lipinski definition) is 1. The van der Waals surface area contributed by atoms with Crippen molar-refractivity contribution in [1.82, 2.24) is 5.32 Å². The zero-order valence-electron chi connectivity index (χ0n) is 16.7. The summed E-state index contributed by atoms with van der Waals surface area (Å²) in [5.74, 6) is 0.936. The van der Waals surface area contributed by atoms with Gasteiger partial charge >= 0.3 is 0 Å². The number of rotatable bonds is 9. The molecule has 0 fully saturated rings. The van der Waals surface area contributed by atoms with E-state index in [0.29, 0.717) is 36.8 Å². The summed E-state index contributed by atoms with van der Waals surface area (Å²) in [5.41, 5.74) is 3.72. The van der Waals surface area contributed by atoms with E-state index < -0.39 is 0 Å². The van der Waals surface area contributed by atoms with Crippen LogP contribution in [0.2, 0.25) is 0 Å². The highest BCUT2D eigenvalue weighted by Gasteiger charge is 2.11. The number of amides is 1. The highest BCUT2D eigenvalue weighted by atomic mass is 16.5. The molecule has 29 heavy (non-hydrogen) atoms. The first kappa shape index (κ1) is 20.4. The van der Waals surface area contributed by atoms with Crippen LogP contribution in [0.25, 0.3) is 0 Å². The van der Waals surface area contributed by atoms with E-state index in [-0.39, 0.29) is 5.91 Å². The van der Waals surface area contributed by atoms with E-state index in [1.165, 1.54) is 0 Å². The minimum absolute atomic E-state index is 0.175. The zero-order valence-corrected chi connectivity index (χ0v) is 16.7. The smallest absolute Gasteiger partial charge is 0.251 e. The summed E-state index contributed by atoms with van der Waals surface area (Å²) in [5, 5.41) is 2.96. The Morgan fingerprint density at radius 1 is 0.793 bits per heavy atom. The van der Waals surface area contributed by atoms with Crippen molar-refractivity contribution in [3.05, 3.63) is 95.1 Å². The summed E-state index contributed by atoms with van der Waals surface area (Å²) < 4.78 is 16.3. The van der Waals surface area contributed by atoms with Crippen LogP contribution >= 0.6 is 0 Å². The predicted octanol–water partition coefficient (Wildman–Crippen LogP) is 4.35. The highest BCUT2D eigenvalue weighted by Crippen LogP contribution is 2.27. The number of nitrogens with one attached hydrogen (secondary N) is 1. The standard InChI is InChI=1S/C24H25NO4/c1-27-22-13-12-19(14-23(22)28-2)24(26)25-15-20-10-6-7-11-21(20)17-29-16-18-8-4-3-5-9-18/h3-14H,15-17H2,1-2H3,(H,25,26). The van der Waals surface area contributed by atoms with Crippen molar-refractivity contribution in [2.24, 2.45) is 0 Å². The fourth-order valence-corrected chi connectivity index (χ4v) is 2.98. The number of benzene rings is 3. The summed E-state index contributed by atoms with van der Waals surface area (Å²) in [7, 11) is 3.11. The summed E-state index contributed by atoms with van der Waals surface area (Å²) in [4.78, 5) is 12.6. The molecular formula is C24H25NO4. The minimum atomic E-state index is -0.175. The molecule has 1 amide bonds. The summed E-state index contributed by atoms with van der Waals surface area (Å²) in [6, 6.07) is 23.1. The van der Waals surface area contributed by atoms with Crippen molar-refractivity contribution in [1.29, 1.82) is 0 Å². The van der Waals surface area contributed by atoms with Crippen molar-refractivity contribution in [3.8, 4) is 11.5 Å². The van der Waals surface area contributed by atoms with E-state index in [1.807, 2.05) is 54.6 Å². The molecule has 0 radical (unpaired) electrons. The van der Waals surface area contributed by atoms with Crippen molar-refractivity contribution in [3.63, 3.8) is 0 Å². The average Bonchev–Trinajstić information content (AvgIpc) is 2.78. The Kier molecular flexibility index (Phi) is 7.25. The van der Waals surface area contributed by atoms with E-state index in [2.05, 4.69) is 5.32 Å². The Labute approximate surface area is 171 Å². The monoisotopic (exact) mass is 391 g/mol. The van der Waals surface area contributed by atoms with Crippen LogP contribution in [0.4, 0.5) is 0 Å². The van der Waals surface area contributed by atoms with Crippen LogP contribution in [0.3, 0.4) is 0 Å². The predicted molar refractivity (Wildman–Crippen MR) is 112 cm³/mol. The first-order chi connectivity index (χ1) is 14.2. The number of carbonyl (C=O) groups excluding carboxylic acids is 1. The van der Waals surface area contributed by atoms with Crippen molar-refractivity contribution in [2.75, 3.05) is 14.2 Å². The largest absolute Gasteiger partial charge is 0.493 e. The van der Waals surface area contributed by atoms with E-state index in [1.54, 1.807) is 32.4 Å². The molecule has 5 nitrogen and oxygen atoms in total. The van der Waals surface area contributed by atoms with Gasteiger partial charge in [0.1, 0.15) is 0 Å². The molecule has 0 saturated carbocycles. The topological polar surface area (TPSA) is 56.8 Å². The van der Waals surface area contributed by atoms with Crippen LogP contribution < -0.4 is 14.8 Å². The number of hydrogen-bond acceptors (Lipinski definition) is 4. The number of carbonyl (C=O) groups is 1. The van der Waals surface area contributed by atoms with Gasteiger partial charge in [-0.1, -0.05) is 54.6 Å². The van der Waals surface area contributed by atoms with Gasteiger partial charge in [-0.3, -0.25) is 4.79 Å². The average molecular weight is 391 g/mol. The molecule has 0 aromatic heterocycles. The summed E-state index contributed by atoms with van der Waals surface area (Å²) in [6.45, 7) is 1.45. The third kappa shape index (κ3) is 5.59. The Bertz CT molecular complexity index is 941. The van der Waals surface area contributed by atoms with Gasteiger partial charge in [0.05, 0.1) is 27.4 Å². The fourth-order valence-electron chi connectivity index (χ4n) is 2.98. The van der Waals surface area contributed by atoms with Gasteiger partial charge in [0.25, 0.3) is 5.91 Å². The van der Waals surface area contributed by atoms with Gasteiger partial charge in [0.15, 0.2) is 11.5 Å². The maximum absolute atomic E-state index is 12.6. The van der Waals surface area contributed by atoms with E-state index >= 15 is 0 Å². The van der Waals surface area contributed by atoms with Crippen LogP contribution in [0.15, 0.2) is 72.8 Å². The van der Waals surface area contributed by atoms with Crippen LogP contribution in [-0.2, 0) is 24.5 Å². The molecule has 3 rings (SSSR count). The van der Waals surface area contributed by atoms with Crippen molar-refractivity contribution < 1.29 is 19.0 Å². The zero-order chi connectivity index (χ0) is 20.5. The third-order valence-corrected chi connectivity index (χ3v) is 4.57. The molecule has 3 aromatic carbocycles. The number of methoxy groups -OCH3 is 2. The molecule has 1 N–H and O–H groups in total. The Balaban J connectivity index is 1.60. The van der Waals surface area contributed by atoms with Crippen LogP contribution in [0.5, 0.6) is 11.5 Å². The minimum Gasteiger partial charge on any atom is -0.493 e. The molecule has 3 aromatic rings. The lowest BCUT2D eigenvalue weighted by Gasteiger charge is -2.13. The second-order valence-electron chi connectivity index (χ2n) is 6.50. The lowest BCUT2D eigenvalue weighted by atomic mass is 10.1. The third-order valence-electron chi connectivity index (χ3n) is 4.57. The second kappa shape index (κ2) is 10.3. The molecule has 0 unspecified atom stereocenters. The van der Waals surface area contributed by atoms with Gasteiger partial charge in [0.2, 0.25) is 0 Å². The van der Waals surface area contributed by atoms with Gasteiger partial charge < -0.3 is 19.5 Å². The summed E-state index contributed by atoms with van der Waals surface area (Å²) in [6.07, 6.45) is 0. The molecule has 5 heteroatoms. The maximum Gasteiger partial charge on any atom is 0.251 e. The molecule has 150 valence electrons. The van der Waals surface area contributed by atoms with Crippen molar-refractivity contribution in [2.45, 2.75) is 19.8 Å². The quantitative estimate of drug-likeness (QED) is 0.589. The Hall–Kier alpha value is -3.31. The van der Waals surface area contributed by atoms with E-state index in [4.69, 9.17) is 14.2 Å². The first-order valence-corrected chi connectivity index (χ1v) is 9.40. The lowest BCUT2D eigenvalue weighted by molar-refractivity contribution is 0.0947. The molecule has 0 heterocycles. The van der Waals surface area contributed by atoms with Crippen LogP contribution in [0.1, 0.15) is 27.0 Å². The SMILES string of the molecule is COc1ccc(C(=O)NCc2ccccc2COCc2ccccc2)cc1OC. The van der Waals surface area contributed by atoms with Gasteiger partial charge in [0, 0.05) is 12.1 Å². The molecule has 0 aliphatic heterocycles. The molecule has 0 aliphatic rings. The number of ether oxygens (including phenoxy) is 3. The van der Waals surface area contributed by atoms with Gasteiger partial charge in [-0.2, -0.15) is 0 Å². The fraction of sp³-hybridized carbons (Fsp3) is 0.208. The highest BCUT2D eigenvalue weighted by molar-refractivity contribution is 5.94. The van der Waals surface area contributed by atoms with E-state index in [9.17, 15) is 4.79 Å².